The van der Waals surface area contributed by atoms with Crippen LogP contribution in [0.1, 0.15) is 18.5 Å². The molecule has 1 heterocycles. The van der Waals surface area contributed by atoms with E-state index in [0.29, 0.717) is 27.1 Å². The molecular weight excluding hydrogens is 361 g/mol. The molecule has 1 aliphatic rings. The Hall–Kier alpha value is -2.44. The Morgan fingerprint density at radius 1 is 1.24 bits per heavy atom. The Kier molecular flexibility index (Phi) is 5.01. The first-order valence-corrected chi connectivity index (χ1v) is 8.33. The SMILES string of the molecule is CC1=C(C(=O)Nc2cccc(Cl)c2)[C@@H](c2ccc(F)cc2)NC(=S)N1. The summed E-state index contributed by atoms with van der Waals surface area (Å²) >= 11 is 11.2. The van der Waals surface area contributed by atoms with E-state index in [-0.39, 0.29) is 11.7 Å². The number of benzene rings is 2. The summed E-state index contributed by atoms with van der Waals surface area (Å²) in [6.45, 7) is 1.77. The molecule has 1 aliphatic heterocycles. The number of allylic oxidation sites excluding steroid dienone is 1. The van der Waals surface area contributed by atoms with Gasteiger partial charge in [-0.2, -0.15) is 0 Å². The quantitative estimate of drug-likeness (QED) is 0.712. The van der Waals surface area contributed by atoms with Crippen molar-refractivity contribution in [1.29, 1.82) is 0 Å². The molecule has 25 heavy (non-hydrogen) atoms. The van der Waals surface area contributed by atoms with Crippen molar-refractivity contribution in [1.82, 2.24) is 10.6 Å². The van der Waals surface area contributed by atoms with Crippen molar-refractivity contribution >= 4 is 40.5 Å². The van der Waals surface area contributed by atoms with E-state index in [0.717, 1.165) is 5.56 Å². The summed E-state index contributed by atoms with van der Waals surface area (Å²) in [6, 6.07) is 12.4. The van der Waals surface area contributed by atoms with Gasteiger partial charge in [0.2, 0.25) is 0 Å². The topological polar surface area (TPSA) is 53.2 Å². The van der Waals surface area contributed by atoms with E-state index in [1.165, 1.54) is 12.1 Å². The number of thiocarbonyl (C=S) groups is 1. The fourth-order valence-corrected chi connectivity index (χ4v) is 3.13. The van der Waals surface area contributed by atoms with Gasteiger partial charge in [0, 0.05) is 16.4 Å². The van der Waals surface area contributed by atoms with E-state index in [4.69, 9.17) is 23.8 Å². The van der Waals surface area contributed by atoms with Crippen LogP contribution in [0.2, 0.25) is 5.02 Å². The first-order chi connectivity index (χ1) is 11.9. The molecule has 0 unspecified atom stereocenters. The number of rotatable bonds is 3. The van der Waals surface area contributed by atoms with Crippen molar-refractivity contribution < 1.29 is 9.18 Å². The minimum Gasteiger partial charge on any atom is -0.351 e. The Morgan fingerprint density at radius 3 is 2.64 bits per heavy atom. The molecule has 0 aromatic heterocycles. The Labute approximate surface area is 155 Å². The highest BCUT2D eigenvalue weighted by atomic mass is 35.5. The third-order valence-electron chi connectivity index (χ3n) is 3.80. The van der Waals surface area contributed by atoms with Crippen LogP contribution in [0.25, 0.3) is 0 Å². The number of anilines is 1. The number of carbonyl (C=O) groups is 1. The average Bonchev–Trinajstić information content (AvgIpc) is 2.54. The van der Waals surface area contributed by atoms with Gasteiger partial charge in [0.1, 0.15) is 5.82 Å². The number of carbonyl (C=O) groups excluding carboxylic acids is 1. The Morgan fingerprint density at radius 2 is 1.96 bits per heavy atom. The zero-order valence-electron chi connectivity index (χ0n) is 13.3. The van der Waals surface area contributed by atoms with Gasteiger partial charge in [-0.15, -0.1) is 0 Å². The minimum absolute atomic E-state index is 0.295. The molecule has 3 rings (SSSR count). The summed E-state index contributed by atoms with van der Waals surface area (Å²) in [6.07, 6.45) is 0. The predicted octanol–water partition coefficient (Wildman–Crippen LogP) is 3.91. The van der Waals surface area contributed by atoms with Crippen LogP contribution in [0.15, 0.2) is 59.8 Å². The van der Waals surface area contributed by atoms with Crippen molar-refractivity contribution in [2.75, 3.05) is 5.32 Å². The lowest BCUT2D eigenvalue weighted by Crippen LogP contribution is -2.45. The molecule has 0 fully saturated rings. The van der Waals surface area contributed by atoms with Crippen molar-refractivity contribution in [3.05, 3.63) is 76.2 Å². The lowest BCUT2D eigenvalue weighted by molar-refractivity contribution is -0.113. The highest BCUT2D eigenvalue weighted by Gasteiger charge is 2.29. The fraction of sp³-hybridized carbons (Fsp3) is 0.111. The minimum atomic E-state index is -0.478. The van der Waals surface area contributed by atoms with Gasteiger partial charge in [0.25, 0.3) is 5.91 Å². The first-order valence-electron chi connectivity index (χ1n) is 7.54. The number of hydrogen-bond acceptors (Lipinski definition) is 2. The maximum absolute atomic E-state index is 13.2. The maximum Gasteiger partial charge on any atom is 0.255 e. The Balaban J connectivity index is 1.94. The number of amides is 1. The second-order valence-electron chi connectivity index (χ2n) is 5.59. The average molecular weight is 376 g/mol. The number of halogens is 2. The molecule has 7 heteroatoms. The van der Waals surface area contributed by atoms with E-state index >= 15 is 0 Å². The molecule has 0 bridgehead atoms. The summed E-state index contributed by atoms with van der Waals surface area (Å²) < 4.78 is 13.2. The van der Waals surface area contributed by atoms with E-state index in [1.54, 1.807) is 43.3 Å². The number of nitrogens with one attached hydrogen (secondary N) is 3. The zero-order chi connectivity index (χ0) is 18.0. The molecule has 0 spiro atoms. The van der Waals surface area contributed by atoms with Crippen LogP contribution >= 0.6 is 23.8 Å². The van der Waals surface area contributed by atoms with Crippen LogP contribution < -0.4 is 16.0 Å². The van der Waals surface area contributed by atoms with Crippen molar-refractivity contribution in [3.63, 3.8) is 0 Å². The molecule has 2 aromatic rings. The largest absolute Gasteiger partial charge is 0.351 e. The summed E-state index contributed by atoms with van der Waals surface area (Å²) in [5.41, 5.74) is 2.43. The lowest BCUT2D eigenvalue weighted by atomic mass is 9.95. The van der Waals surface area contributed by atoms with Crippen LogP contribution in [0.3, 0.4) is 0 Å². The molecule has 128 valence electrons. The molecule has 4 nitrogen and oxygen atoms in total. The van der Waals surface area contributed by atoms with E-state index in [2.05, 4.69) is 16.0 Å². The van der Waals surface area contributed by atoms with Crippen molar-refractivity contribution in [3.8, 4) is 0 Å². The molecule has 0 aliphatic carbocycles. The molecule has 0 saturated heterocycles. The van der Waals surface area contributed by atoms with Crippen molar-refractivity contribution in [2.24, 2.45) is 0 Å². The fourth-order valence-electron chi connectivity index (χ4n) is 2.66. The lowest BCUT2D eigenvalue weighted by Gasteiger charge is -2.30. The van der Waals surface area contributed by atoms with Crippen LogP contribution in [0.4, 0.5) is 10.1 Å². The summed E-state index contributed by atoms with van der Waals surface area (Å²) in [4.78, 5) is 12.8. The highest BCUT2D eigenvalue weighted by molar-refractivity contribution is 7.80. The molecule has 1 atom stereocenters. The van der Waals surface area contributed by atoms with Crippen LogP contribution in [-0.4, -0.2) is 11.0 Å². The first kappa shape index (κ1) is 17.4. The summed E-state index contributed by atoms with van der Waals surface area (Å²) in [5, 5.41) is 9.79. The van der Waals surface area contributed by atoms with Gasteiger partial charge in [-0.25, -0.2) is 4.39 Å². The second-order valence-corrected chi connectivity index (χ2v) is 6.43. The van der Waals surface area contributed by atoms with Gasteiger partial charge in [0.05, 0.1) is 11.6 Å². The third-order valence-corrected chi connectivity index (χ3v) is 4.25. The van der Waals surface area contributed by atoms with Gasteiger partial charge in [0.15, 0.2) is 5.11 Å². The molecule has 0 saturated carbocycles. The monoisotopic (exact) mass is 375 g/mol. The van der Waals surface area contributed by atoms with E-state index in [9.17, 15) is 9.18 Å². The highest BCUT2D eigenvalue weighted by Crippen LogP contribution is 2.28. The zero-order valence-corrected chi connectivity index (χ0v) is 14.8. The van der Waals surface area contributed by atoms with Crippen molar-refractivity contribution in [2.45, 2.75) is 13.0 Å². The van der Waals surface area contributed by atoms with E-state index < -0.39 is 6.04 Å². The summed E-state index contributed by atoms with van der Waals surface area (Å²) in [7, 11) is 0. The van der Waals surface area contributed by atoms with Gasteiger partial charge in [-0.3, -0.25) is 4.79 Å². The maximum atomic E-state index is 13.2. The van der Waals surface area contributed by atoms with Gasteiger partial charge < -0.3 is 16.0 Å². The molecule has 0 radical (unpaired) electrons. The van der Waals surface area contributed by atoms with Crippen LogP contribution in [0, 0.1) is 5.82 Å². The van der Waals surface area contributed by atoms with Gasteiger partial charge in [-0.1, -0.05) is 29.8 Å². The molecular formula is C18H15ClFN3OS. The predicted molar refractivity (Wildman–Crippen MR) is 101 cm³/mol. The smallest absolute Gasteiger partial charge is 0.255 e. The van der Waals surface area contributed by atoms with Crippen LogP contribution in [0.5, 0.6) is 0 Å². The normalized spacial score (nSPS) is 16.9. The van der Waals surface area contributed by atoms with Gasteiger partial charge >= 0.3 is 0 Å². The van der Waals surface area contributed by atoms with E-state index in [1.807, 2.05) is 0 Å². The molecule has 2 aromatic carbocycles. The molecule has 1 amide bonds. The summed E-state index contributed by atoms with van der Waals surface area (Å²) in [5.74, 6) is -0.637. The standard InChI is InChI=1S/C18H15ClFN3OS/c1-10-15(17(24)22-14-4-2-3-12(19)9-14)16(23-18(25)21-10)11-5-7-13(20)8-6-11/h2-9,16H,1H3,(H,22,24)(H2,21,23,25)/t16-/m1/s1. The van der Waals surface area contributed by atoms with Crippen LogP contribution in [-0.2, 0) is 4.79 Å². The Bertz CT molecular complexity index is 867. The molecule has 3 N–H and O–H groups in total. The van der Waals surface area contributed by atoms with Gasteiger partial charge in [-0.05, 0) is 55.0 Å². The second kappa shape index (κ2) is 7.21. The number of hydrogen-bond donors (Lipinski definition) is 3. The third kappa shape index (κ3) is 3.97.